The molecule has 0 heterocycles. The monoisotopic (exact) mass is 234 g/mol. The molecule has 0 bridgehead atoms. The number of benzene rings is 1. The Bertz CT molecular complexity index is 565. The molecule has 1 aromatic carbocycles. The highest BCUT2D eigenvalue weighted by Crippen LogP contribution is 2.40. The van der Waals surface area contributed by atoms with Crippen LogP contribution in [0.1, 0.15) is 19.4 Å². The molecule has 0 fully saturated rings. The molecule has 1 unspecified atom stereocenters. The summed E-state index contributed by atoms with van der Waals surface area (Å²) >= 11 is 0. The molecule has 0 saturated heterocycles. The van der Waals surface area contributed by atoms with E-state index >= 15 is 0 Å². The second kappa shape index (κ2) is 4.45. The highest BCUT2D eigenvalue weighted by atomic mass is 14.3. The molecule has 0 aliphatic heterocycles. The molecule has 0 saturated carbocycles. The normalized spacial score (nSPS) is 21.5. The van der Waals surface area contributed by atoms with Crippen LogP contribution in [-0.2, 0) is 0 Å². The fourth-order valence-corrected chi connectivity index (χ4v) is 2.67. The summed E-state index contributed by atoms with van der Waals surface area (Å²) in [6, 6.07) is 10.7. The Kier molecular flexibility index (Phi) is 2.79. The number of hydrogen-bond donors (Lipinski definition) is 0. The average molecular weight is 234 g/mol. The minimum atomic E-state index is 0.454. The minimum absolute atomic E-state index is 0.454. The summed E-state index contributed by atoms with van der Waals surface area (Å²) in [6.07, 6.45) is 11.4. The molecular weight excluding hydrogens is 216 g/mol. The van der Waals surface area contributed by atoms with Crippen molar-refractivity contribution in [2.75, 3.05) is 0 Å². The van der Waals surface area contributed by atoms with Crippen LogP contribution in [0.5, 0.6) is 0 Å². The van der Waals surface area contributed by atoms with Crippen LogP contribution in [0.3, 0.4) is 0 Å². The lowest BCUT2D eigenvalue weighted by Crippen LogP contribution is -2.03. The van der Waals surface area contributed by atoms with Crippen LogP contribution >= 0.6 is 0 Å². The number of hydrogen-bond acceptors (Lipinski definition) is 0. The summed E-state index contributed by atoms with van der Waals surface area (Å²) in [5.41, 5.74) is 5.64. The minimum Gasteiger partial charge on any atom is -0.0691 e. The summed E-state index contributed by atoms with van der Waals surface area (Å²) < 4.78 is 0. The van der Waals surface area contributed by atoms with E-state index in [-0.39, 0.29) is 0 Å². The lowest BCUT2D eigenvalue weighted by molar-refractivity contribution is 0.790. The Hall–Kier alpha value is -1.82. The molecule has 2 aliphatic rings. The van der Waals surface area contributed by atoms with Crippen molar-refractivity contribution >= 4 is 5.57 Å². The van der Waals surface area contributed by atoms with Crippen molar-refractivity contribution in [3.8, 4) is 0 Å². The molecule has 0 heteroatoms. The van der Waals surface area contributed by atoms with Gasteiger partial charge in [0.05, 0.1) is 0 Å². The Balaban J connectivity index is 2.01. The van der Waals surface area contributed by atoms with Gasteiger partial charge in [0.15, 0.2) is 0 Å². The first-order valence-corrected chi connectivity index (χ1v) is 6.62. The zero-order valence-corrected chi connectivity index (χ0v) is 10.9. The third-order valence-corrected chi connectivity index (χ3v) is 3.72. The third-order valence-electron chi connectivity index (χ3n) is 3.72. The van der Waals surface area contributed by atoms with E-state index in [9.17, 15) is 0 Å². The maximum Gasteiger partial charge on any atom is 0.0281 e. The first kappa shape index (κ1) is 11.3. The van der Waals surface area contributed by atoms with E-state index in [1.54, 1.807) is 0 Å². The number of fused-ring (bicyclic) bond motifs is 1. The smallest absolute Gasteiger partial charge is 0.0281 e. The molecule has 1 atom stereocenters. The van der Waals surface area contributed by atoms with Gasteiger partial charge in [0.1, 0.15) is 0 Å². The summed E-state index contributed by atoms with van der Waals surface area (Å²) in [5, 5.41) is 0. The first-order chi connectivity index (χ1) is 8.75. The molecule has 0 spiro atoms. The fraction of sp³-hybridized carbons (Fsp3) is 0.222. The van der Waals surface area contributed by atoms with Crippen LogP contribution < -0.4 is 0 Å². The van der Waals surface area contributed by atoms with Gasteiger partial charge in [-0.1, -0.05) is 74.6 Å². The van der Waals surface area contributed by atoms with Gasteiger partial charge in [-0.3, -0.25) is 0 Å². The van der Waals surface area contributed by atoms with Crippen LogP contribution in [0.2, 0.25) is 0 Å². The van der Waals surface area contributed by atoms with E-state index in [0.29, 0.717) is 11.8 Å². The maximum absolute atomic E-state index is 2.42. The van der Waals surface area contributed by atoms with Gasteiger partial charge in [-0.2, -0.15) is 0 Å². The molecule has 2 aliphatic carbocycles. The van der Waals surface area contributed by atoms with Crippen LogP contribution in [0.15, 0.2) is 71.9 Å². The predicted molar refractivity (Wildman–Crippen MR) is 78.1 cm³/mol. The lowest BCUT2D eigenvalue weighted by Gasteiger charge is -2.19. The van der Waals surface area contributed by atoms with Crippen LogP contribution in [-0.4, -0.2) is 0 Å². The highest BCUT2D eigenvalue weighted by molar-refractivity contribution is 5.77. The van der Waals surface area contributed by atoms with Gasteiger partial charge in [-0.05, 0) is 28.2 Å². The Labute approximate surface area is 109 Å². The van der Waals surface area contributed by atoms with E-state index in [1.165, 1.54) is 22.3 Å². The quantitative estimate of drug-likeness (QED) is 0.691. The van der Waals surface area contributed by atoms with Crippen molar-refractivity contribution in [2.24, 2.45) is 11.8 Å². The third kappa shape index (κ3) is 1.88. The number of rotatable bonds is 2. The molecule has 18 heavy (non-hydrogen) atoms. The fourth-order valence-electron chi connectivity index (χ4n) is 2.67. The van der Waals surface area contributed by atoms with E-state index in [2.05, 4.69) is 74.6 Å². The average Bonchev–Trinajstić information content (AvgIpc) is 2.83. The van der Waals surface area contributed by atoms with Crippen LogP contribution in [0, 0.1) is 11.8 Å². The van der Waals surface area contributed by atoms with Gasteiger partial charge in [-0.25, -0.2) is 0 Å². The summed E-state index contributed by atoms with van der Waals surface area (Å²) in [7, 11) is 0. The molecule has 0 N–H and O–H groups in total. The summed E-state index contributed by atoms with van der Waals surface area (Å²) in [6.45, 7) is 4.52. The largest absolute Gasteiger partial charge is 0.0691 e. The van der Waals surface area contributed by atoms with Gasteiger partial charge in [-0.15, -0.1) is 0 Å². The predicted octanol–water partition coefficient (Wildman–Crippen LogP) is 4.78. The zero-order valence-electron chi connectivity index (χ0n) is 10.9. The molecule has 0 nitrogen and oxygen atoms in total. The first-order valence-electron chi connectivity index (χ1n) is 6.62. The van der Waals surface area contributed by atoms with Gasteiger partial charge in [0.25, 0.3) is 0 Å². The molecule has 3 rings (SSSR count). The van der Waals surface area contributed by atoms with Crippen LogP contribution in [0.4, 0.5) is 0 Å². The molecule has 0 radical (unpaired) electrons. The molecule has 0 amide bonds. The van der Waals surface area contributed by atoms with Crippen molar-refractivity contribution in [3.63, 3.8) is 0 Å². The lowest BCUT2D eigenvalue weighted by atomic mass is 9.85. The molecule has 90 valence electrons. The van der Waals surface area contributed by atoms with E-state index in [1.807, 2.05) is 0 Å². The summed E-state index contributed by atoms with van der Waals surface area (Å²) in [5.74, 6) is 1.06. The zero-order chi connectivity index (χ0) is 12.5. The Morgan fingerprint density at radius 3 is 2.56 bits per heavy atom. The number of allylic oxidation sites excluding steroid dienone is 8. The van der Waals surface area contributed by atoms with Crippen molar-refractivity contribution in [1.82, 2.24) is 0 Å². The van der Waals surface area contributed by atoms with Crippen molar-refractivity contribution in [1.29, 1.82) is 0 Å². The van der Waals surface area contributed by atoms with Gasteiger partial charge < -0.3 is 0 Å². The molecule has 0 aromatic heterocycles. The molecular formula is C18H18. The van der Waals surface area contributed by atoms with Gasteiger partial charge >= 0.3 is 0 Å². The second-order valence-corrected chi connectivity index (χ2v) is 5.29. The Morgan fingerprint density at radius 2 is 1.83 bits per heavy atom. The maximum atomic E-state index is 2.42. The summed E-state index contributed by atoms with van der Waals surface area (Å²) in [4.78, 5) is 0. The van der Waals surface area contributed by atoms with Crippen molar-refractivity contribution < 1.29 is 0 Å². The van der Waals surface area contributed by atoms with E-state index < -0.39 is 0 Å². The second-order valence-electron chi connectivity index (χ2n) is 5.29. The van der Waals surface area contributed by atoms with Gasteiger partial charge in [0.2, 0.25) is 0 Å². The van der Waals surface area contributed by atoms with Crippen molar-refractivity contribution in [3.05, 3.63) is 77.4 Å². The SMILES string of the molecule is CC(C)C1=CC2C(=C1)C=CC=C2c1ccccc1. The standard InChI is InChI=1S/C18H18/c1-13(2)16-11-15-9-6-10-17(18(15)12-16)14-7-4-3-5-8-14/h3-13,18H,1-2H3. The highest BCUT2D eigenvalue weighted by Gasteiger charge is 2.24. The van der Waals surface area contributed by atoms with Crippen LogP contribution in [0.25, 0.3) is 5.57 Å². The Morgan fingerprint density at radius 1 is 1.06 bits per heavy atom. The van der Waals surface area contributed by atoms with E-state index in [0.717, 1.165) is 0 Å². The van der Waals surface area contributed by atoms with Gasteiger partial charge in [0, 0.05) is 5.92 Å². The van der Waals surface area contributed by atoms with E-state index in [4.69, 9.17) is 0 Å². The van der Waals surface area contributed by atoms with Crippen molar-refractivity contribution in [2.45, 2.75) is 13.8 Å². The molecule has 1 aromatic rings. The topological polar surface area (TPSA) is 0 Å².